The van der Waals surface area contributed by atoms with Crippen molar-refractivity contribution in [2.45, 2.75) is 38.5 Å². The zero-order valence-electron chi connectivity index (χ0n) is 19.4. The van der Waals surface area contributed by atoms with E-state index in [-0.39, 0.29) is 18.3 Å². The number of hydrogen-bond acceptors (Lipinski definition) is 7. The van der Waals surface area contributed by atoms with E-state index in [1.54, 1.807) is 6.07 Å². The fourth-order valence-corrected chi connectivity index (χ4v) is 4.64. The second kappa shape index (κ2) is 10.1. The van der Waals surface area contributed by atoms with E-state index in [1.807, 2.05) is 48.5 Å². The van der Waals surface area contributed by atoms with Crippen molar-refractivity contribution in [2.75, 3.05) is 19.6 Å². The van der Waals surface area contributed by atoms with Crippen LogP contribution in [0.25, 0.3) is 11.4 Å². The molecule has 1 fully saturated rings. The van der Waals surface area contributed by atoms with Crippen molar-refractivity contribution in [1.82, 2.24) is 30.0 Å². The molecule has 34 heavy (non-hydrogen) atoms. The third kappa shape index (κ3) is 5.16. The van der Waals surface area contributed by atoms with Gasteiger partial charge in [-0.05, 0) is 42.3 Å². The quantitative estimate of drug-likeness (QED) is 0.492. The molecule has 0 aliphatic carbocycles. The minimum atomic E-state index is -1.02. The minimum Gasteiger partial charge on any atom is -0.508 e. The number of hydrogen-bond donors (Lipinski definition) is 2. The van der Waals surface area contributed by atoms with E-state index in [4.69, 9.17) is 5.11 Å². The van der Waals surface area contributed by atoms with Gasteiger partial charge in [0, 0.05) is 37.3 Å². The maximum Gasteiger partial charge on any atom is 0.327 e. The summed E-state index contributed by atoms with van der Waals surface area (Å²) in [5.41, 5.74) is 2.87. The Morgan fingerprint density at radius 1 is 1.15 bits per heavy atom. The van der Waals surface area contributed by atoms with Gasteiger partial charge >= 0.3 is 5.97 Å². The highest BCUT2D eigenvalue weighted by atomic mass is 16.4. The number of carboxylic acids is 1. The molecule has 2 heterocycles. The fourth-order valence-electron chi connectivity index (χ4n) is 4.64. The van der Waals surface area contributed by atoms with Crippen molar-refractivity contribution in [3.63, 3.8) is 0 Å². The van der Waals surface area contributed by atoms with Gasteiger partial charge in [0.25, 0.3) is 0 Å². The smallest absolute Gasteiger partial charge is 0.327 e. The summed E-state index contributed by atoms with van der Waals surface area (Å²) in [6.07, 6.45) is 1.95. The van der Waals surface area contributed by atoms with E-state index in [0.29, 0.717) is 17.9 Å². The lowest BCUT2D eigenvalue weighted by atomic mass is 9.92. The third-order valence-electron chi connectivity index (χ3n) is 6.26. The number of nitrogens with zero attached hydrogens (tertiary/aromatic N) is 6. The van der Waals surface area contributed by atoms with Gasteiger partial charge in [0.1, 0.15) is 5.75 Å². The number of aliphatic carboxylic acids is 1. The van der Waals surface area contributed by atoms with Crippen LogP contribution in [-0.2, 0) is 11.3 Å². The summed E-state index contributed by atoms with van der Waals surface area (Å²) in [5.74, 6) is -0.407. The molecule has 1 aliphatic rings. The van der Waals surface area contributed by atoms with Crippen LogP contribution in [0.4, 0.5) is 0 Å². The van der Waals surface area contributed by atoms with E-state index in [1.165, 1.54) is 0 Å². The maximum atomic E-state index is 10.9. The second-order valence-corrected chi connectivity index (χ2v) is 8.79. The predicted molar refractivity (Wildman–Crippen MR) is 128 cm³/mol. The Hall–Kier alpha value is -3.56. The standard InChI is InChI=1S/C25H30N6O3/c1-4-12-29-14-18(3)30(15-17(29)2)24(21-6-5-7-22(32)13-21)19-8-10-20(11-9-19)25-26-28-31(27-25)16-23(33)34/h4-11,13,17-18,24,32H,1,12,14-16H2,2-3H3,(H,33,34)/t17-,18+,24-/m1/s1. The maximum absolute atomic E-state index is 10.9. The SMILES string of the molecule is C=CCN1C[C@H](C)N([C@H](c2ccc(-c3nnn(CC(=O)O)n3)cc2)c2cccc(O)c2)C[C@H]1C. The largest absolute Gasteiger partial charge is 0.508 e. The molecule has 0 spiro atoms. The minimum absolute atomic E-state index is 0.0415. The summed E-state index contributed by atoms with van der Waals surface area (Å²) in [4.78, 5) is 16.9. The number of aromatic hydroxyl groups is 1. The van der Waals surface area contributed by atoms with Crippen LogP contribution < -0.4 is 0 Å². The van der Waals surface area contributed by atoms with Crippen molar-refractivity contribution in [1.29, 1.82) is 0 Å². The van der Waals surface area contributed by atoms with Crippen LogP contribution in [0.1, 0.15) is 31.0 Å². The molecule has 0 saturated carbocycles. The summed E-state index contributed by atoms with van der Waals surface area (Å²) >= 11 is 0. The highest BCUT2D eigenvalue weighted by molar-refractivity contribution is 5.66. The van der Waals surface area contributed by atoms with Gasteiger partial charge in [-0.3, -0.25) is 14.6 Å². The van der Waals surface area contributed by atoms with Gasteiger partial charge in [0.15, 0.2) is 6.54 Å². The Labute approximate surface area is 198 Å². The van der Waals surface area contributed by atoms with Crippen molar-refractivity contribution in [2.24, 2.45) is 0 Å². The summed E-state index contributed by atoms with van der Waals surface area (Å²) in [6, 6.07) is 16.0. The number of phenolic OH excluding ortho intramolecular Hbond substituents is 1. The van der Waals surface area contributed by atoms with E-state index in [2.05, 4.69) is 45.6 Å². The Morgan fingerprint density at radius 3 is 2.59 bits per heavy atom. The molecule has 0 unspecified atom stereocenters. The number of benzene rings is 2. The molecule has 1 aromatic heterocycles. The molecular formula is C25H30N6O3. The van der Waals surface area contributed by atoms with E-state index < -0.39 is 5.97 Å². The summed E-state index contributed by atoms with van der Waals surface area (Å²) in [5, 5.41) is 31.1. The van der Waals surface area contributed by atoms with Crippen LogP contribution in [-0.4, -0.2) is 77.9 Å². The first-order chi connectivity index (χ1) is 16.4. The molecule has 9 heteroatoms. The van der Waals surface area contributed by atoms with Crippen molar-refractivity contribution in [3.05, 3.63) is 72.3 Å². The molecule has 1 saturated heterocycles. The lowest BCUT2D eigenvalue weighted by Gasteiger charge is -2.47. The lowest BCUT2D eigenvalue weighted by Crippen LogP contribution is -2.57. The topological polar surface area (TPSA) is 108 Å². The number of piperazine rings is 1. The molecule has 0 radical (unpaired) electrons. The first-order valence-corrected chi connectivity index (χ1v) is 11.3. The predicted octanol–water partition coefficient (Wildman–Crippen LogP) is 2.80. The van der Waals surface area contributed by atoms with Gasteiger partial charge in [-0.2, -0.15) is 4.80 Å². The highest BCUT2D eigenvalue weighted by Gasteiger charge is 2.34. The van der Waals surface area contributed by atoms with Gasteiger partial charge in [0.2, 0.25) is 5.82 Å². The number of carboxylic acid groups (broad SMARTS) is 1. The molecule has 2 N–H and O–H groups in total. The van der Waals surface area contributed by atoms with Crippen LogP contribution in [0, 0.1) is 0 Å². The summed E-state index contributed by atoms with van der Waals surface area (Å²) in [7, 11) is 0. The van der Waals surface area contributed by atoms with Gasteiger partial charge in [-0.1, -0.05) is 42.5 Å². The molecule has 0 bridgehead atoms. The molecule has 178 valence electrons. The molecule has 0 amide bonds. The summed E-state index contributed by atoms with van der Waals surface area (Å²) in [6.45, 7) is 10.7. The van der Waals surface area contributed by atoms with E-state index >= 15 is 0 Å². The first-order valence-electron chi connectivity index (χ1n) is 11.3. The molecule has 3 atom stereocenters. The molecule has 1 aliphatic heterocycles. The van der Waals surface area contributed by atoms with Crippen LogP contribution >= 0.6 is 0 Å². The van der Waals surface area contributed by atoms with Crippen LogP contribution in [0.15, 0.2) is 61.2 Å². The van der Waals surface area contributed by atoms with Crippen LogP contribution in [0.5, 0.6) is 5.75 Å². The zero-order valence-corrected chi connectivity index (χ0v) is 19.4. The molecule has 9 nitrogen and oxygen atoms in total. The Balaban J connectivity index is 1.65. The second-order valence-electron chi connectivity index (χ2n) is 8.79. The number of tetrazole rings is 1. The van der Waals surface area contributed by atoms with Gasteiger partial charge in [0.05, 0.1) is 6.04 Å². The van der Waals surface area contributed by atoms with Crippen LogP contribution in [0.2, 0.25) is 0 Å². The normalized spacial score (nSPS) is 20.2. The Morgan fingerprint density at radius 2 is 1.91 bits per heavy atom. The van der Waals surface area contributed by atoms with Gasteiger partial charge in [-0.15, -0.1) is 16.8 Å². The number of carbonyl (C=O) groups is 1. The van der Waals surface area contributed by atoms with Gasteiger partial charge < -0.3 is 10.2 Å². The number of rotatable bonds is 8. The van der Waals surface area contributed by atoms with Crippen LogP contribution in [0.3, 0.4) is 0 Å². The molecule has 3 aromatic rings. The van der Waals surface area contributed by atoms with E-state index in [0.717, 1.165) is 41.1 Å². The molecular weight excluding hydrogens is 432 g/mol. The lowest BCUT2D eigenvalue weighted by molar-refractivity contribution is -0.138. The average molecular weight is 463 g/mol. The van der Waals surface area contributed by atoms with E-state index in [9.17, 15) is 9.90 Å². The van der Waals surface area contributed by atoms with Crippen molar-refractivity contribution >= 4 is 5.97 Å². The van der Waals surface area contributed by atoms with Crippen molar-refractivity contribution < 1.29 is 15.0 Å². The number of phenols is 1. The molecule has 2 aromatic carbocycles. The summed E-state index contributed by atoms with van der Waals surface area (Å²) < 4.78 is 0. The third-order valence-corrected chi connectivity index (χ3v) is 6.26. The van der Waals surface area contributed by atoms with Crippen molar-refractivity contribution in [3.8, 4) is 17.1 Å². The monoisotopic (exact) mass is 462 g/mol. The van der Waals surface area contributed by atoms with Gasteiger partial charge in [-0.25, -0.2) is 0 Å². The molecule has 4 rings (SSSR count). The average Bonchev–Trinajstić information content (AvgIpc) is 3.25. The number of aromatic nitrogens is 4. The zero-order chi connectivity index (χ0) is 24.2. The first kappa shape index (κ1) is 23.6. The fraction of sp³-hybridized carbons (Fsp3) is 0.360. The Bertz CT molecular complexity index is 1150. The highest BCUT2D eigenvalue weighted by Crippen LogP contribution is 2.35. The Kier molecular flexibility index (Phi) is 7.04.